The summed E-state index contributed by atoms with van der Waals surface area (Å²) >= 11 is 0. The maximum atomic E-state index is 11.1. The number of carboxylic acids is 1. The highest BCUT2D eigenvalue weighted by atomic mass is 16.4. The van der Waals surface area contributed by atoms with Gasteiger partial charge in [-0.15, -0.1) is 0 Å². The first-order valence-corrected chi connectivity index (χ1v) is 6.46. The van der Waals surface area contributed by atoms with Crippen LogP contribution in [0.2, 0.25) is 0 Å². The Morgan fingerprint density at radius 1 is 1.56 bits per heavy atom. The highest BCUT2D eigenvalue weighted by Gasteiger charge is 2.33. The number of carbonyl (C=O) groups is 1. The molecule has 0 aromatic carbocycles. The van der Waals surface area contributed by atoms with Gasteiger partial charge in [-0.25, -0.2) is 9.78 Å². The monoisotopic (exact) mass is 248 g/mol. The van der Waals surface area contributed by atoms with Gasteiger partial charge in [0.2, 0.25) is 0 Å². The number of pyridine rings is 1. The summed E-state index contributed by atoms with van der Waals surface area (Å²) in [6.07, 6.45) is 2.02. The van der Waals surface area contributed by atoms with Crippen LogP contribution in [0.4, 0.5) is 5.82 Å². The zero-order valence-corrected chi connectivity index (χ0v) is 11.2. The quantitative estimate of drug-likeness (QED) is 0.869. The Morgan fingerprint density at radius 2 is 2.22 bits per heavy atom. The number of anilines is 1. The second kappa shape index (κ2) is 4.96. The summed E-state index contributed by atoms with van der Waals surface area (Å²) in [4.78, 5) is 17.7. The van der Waals surface area contributed by atoms with Crippen molar-refractivity contribution in [3.05, 3.63) is 23.4 Å². The Kier molecular flexibility index (Phi) is 3.55. The first-order chi connectivity index (χ1) is 8.51. The molecule has 1 aliphatic carbocycles. The van der Waals surface area contributed by atoms with Crippen LogP contribution >= 0.6 is 0 Å². The van der Waals surface area contributed by atoms with Crippen LogP contribution in [-0.4, -0.2) is 29.7 Å². The van der Waals surface area contributed by atoms with E-state index < -0.39 is 5.97 Å². The van der Waals surface area contributed by atoms with E-state index in [1.807, 2.05) is 14.0 Å². The Morgan fingerprint density at radius 3 is 2.72 bits per heavy atom. The Labute approximate surface area is 108 Å². The van der Waals surface area contributed by atoms with Crippen molar-refractivity contribution in [1.29, 1.82) is 0 Å². The third-order valence-corrected chi connectivity index (χ3v) is 3.65. The van der Waals surface area contributed by atoms with Crippen LogP contribution in [-0.2, 0) is 6.42 Å². The van der Waals surface area contributed by atoms with Crippen LogP contribution < -0.4 is 4.90 Å². The van der Waals surface area contributed by atoms with Gasteiger partial charge in [-0.1, -0.05) is 13.8 Å². The van der Waals surface area contributed by atoms with E-state index in [2.05, 4.69) is 16.8 Å². The van der Waals surface area contributed by atoms with Crippen LogP contribution in [0.15, 0.2) is 12.1 Å². The molecule has 0 aliphatic heterocycles. The van der Waals surface area contributed by atoms with Crippen LogP contribution in [0.3, 0.4) is 0 Å². The molecule has 1 saturated carbocycles. The molecule has 1 aromatic rings. The van der Waals surface area contributed by atoms with E-state index in [4.69, 9.17) is 5.11 Å². The number of carboxylic acid groups (broad SMARTS) is 1. The smallest absolute Gasteiger partial charge is 0.335 e. The van der Waals surface area contributed by atoms with E-state index in [1.165, 1.54) is 6.42 Å². The summed E-state index contributed by atoms with van der Waals surface area (Å²) in [5, 5.41) is 9.10. The summed E-state index contributed by atoms with van der Waals surface area (Å²) in [5.41, 5.74) is 1.16. The topological polar surface area (TPSA) is 53.4 Å². The molecule has 1 heterocycles. The third kappa shape index (κ3) is 2.81. The number of aryl methyl sites for hydroxylation is 1. The average Bonchev–Trinajstić information content (AvgIpc) is 3.04. The van der Waals surface area contributed by atoms with Gasteiger partial charge in [-0.3, -0.25) is 0 Å². The summed E-state index contributed by atoms with van der Waals surface area (Å²) in [6.45, 7) is 5.19. The van der Waals surface area contributed by atoms with Crippen LogP contribution in [0.1, 0.15) is 36.3 Å². The zero-order valence-electron chi connectivity index (χ0n) is 11.2. The van der Waals surface area contributed by atoms with Gasteiger partial charge < -0.3 is 10.0 Å². The van der Waals surface area contributed by atoms with E-state index in [-0.39, 0.29) is 0 Å². The lowest BCUT2D eigenvalue weighted by Gasteiger charge is -2.19. The zero-order chi connectivity index (χ0) is 13.3. The molecular weight excluding hydrogens is 228 g/mol. The second-order valence-corrected chi connectivity index (χ2v) is 5.22. The van der Waals surface area contributed by atoms with Crippen LogP contribution in [0.5, 0.6) is 0 Å². The lowest BCUT2D eigenvalue weighted by Crippen LogP contribution is -2.22. The van der Waals surface area contributed by atoms with Gasteiger partial charge >= 0.3 is 5.97 Å². The minimum Gasteiger partial charge on any atom is -0.478 e. The van der Waals surface area contributed by atoms with Gasteiger partial charge in [-0.2, -0.15) is 0 Å². The predicted octanol–water partition coefficient (Wildman–Crippen LogP) is 2.43. The van der Waals surface area contributed by atoms with Gasteiger partial charge in [0.25, 0.3) is 0 Å². The standard InChI is InChI=1S/C14H20N2O2/c1-4-12-6-10(14(17)18)7-13(15-12)16(3)8-11-5-9(11)2/h6-7,9,11H,4-5,8H2,1-3H3,(H,17,18). The maximum Gasteiger partial charge on any atom is 0.335 e. The van der Waals surface area contributed by atoms with E-state index in [0.717, 1.165) is 36.3 Å². The van der Waals surface area contributed by atoms with Gasteiger partial charge in [-0.05, 0) is 36.8 Å². The molecule has 2 atom stereocenters. The minimum absolute atomic E-state index is 0.326. The van der Waals surface area contributed by atoms with E-state index >= 15 is 0 Å². The third-order valence-electron chi connectivity index (χ3n) is 3.65. The maximum absolute atomic E-state index is 11.1. The molecule has 1 aliphatic rings. The number of aromatic nitrogens is 1. The lowest BCUT2D eigenvalue weighted by molar-refractivity contribution is 0.0696. The molecule has 4 nitrogen and oxygen atoms in total. The van der Waals surface area contributed by atoms with Gasteiger partial charge in [0.05, 0.1) is 5.56 Å². The molecule has 2 rings (SSSR count). The fourth-order valence-corrected chi connectivity index (χ4v) is 2.17. The number of nitrogens with zero attached hydrogens (tertiary/aromatic N) is 2. The summed E-state index contributed by atoms with van der Waals surface area (Å²) in [6, 6.07) is 3.31. The number of aromatic carboxylic acids is 1. The fourth-order valence-electron chi connectivity index (χ4n) is 2.17. The second-order valence-electron chi connectivity index (χ2n) is 5.22. The number of hydrogen-bond acceptors (Lipinski definition) is 3. The molecule has 0 saturated heterocycles. The molecule has 4 heteroatoms. The van der Waals surface area contributed by atoms with Crippen molar-refractivity contribution < 1.29 is 9.90 Å². The Balaban J connectivity index is 2.19. The molecule has 1 N–H and O–H groups in total. The molecule has 1 fully saturated rings. The minimum atomic E-state index is -0.887. The van der Waals surface area contributed by atoms with Crippen molar-refractivity contribution in [2.45, 2.75) is 26.7 Å². The van der Waals surface area contributed by atoms with Crippen LogP contribution in [0, 0.1) is 11.8 Å². The van der Waals surface area contributed by atoms with Crippen molar-refractivity contribution >= 4 is 11.8 Å². The number of hydrogen-bond donors (Lipinski definition) is 1. The highest BCUT2D eigenvalue weighted by molar-refractivity contribution is 5.88. The normalized spacial score (nSPS) is 21.7. The van der Waals surface area contributed by atoms with E-state index in [0.29, 0.717) is 5.56 Å². The van der Waals surface area contributed by atoms with E-state index in [9.17, 15) is 4.79 Å². The Bertz CT molecular complexity index is 459. The van der Waals surface area contributed by atoms with Gasteiger partial charge in [0.15, 0.2) is 0 Å². The first-order valence-electron chi connectivity index (χ1n) is 6.46. The molecule has 2 unspecified atom stereocenters. The van der Waals surface area contributed by atoms with Crippen molar-refractivity contribution in [3.8, 4) is 0 Å². The molecule has 18 heavy (non-hydrogen) atoms. The van der Waals surface area contributed by atoms with Crippen molar-refractivity contribution in [2.75, 3.05) is 18.5 Å². The van der Waals surface area contributed by atoms with Crippen LogP contribution in [0.25, 0.3) is 0 Å². The average molecular weight is 248 g/mol. The SMILES string of the molecule is CCc1cc(C(=O)O)cc(N(C)CC2CC2C)n1. The molecule has 0 amide bonds. The van der Waals surface area contributed by atoms with Gasteiger partial charge in [0, 0.05) is 19.3 Å². The fraction of sp³-hybridized carbons (Fsp3) is 0.571. The summed E-state index contributed by atoms with van der Waals surface area (Å²) in [7, 11) is 1.98. The van der Waals surface area contributed by atoms with E-state index in [1.54, 1.807) is 12.1 Å². The first kappa shape index (κ1) is 12.9. The number of rotatable bonds is 5. The summed E-state index contributed by atoms with van der Waals surface area (Å²) < 4.78 is 0. The van der Waals surface area contributed by atoms with Crippen molar-refractivity contribution in [1.82, 2.24) is 4.98 Å². The van der Waals surface area contributed by atoms with Crippen molar-refractivity contribution in [2.24, 2.45) is 11.8 Å². The highest BCUT2D eigenvalue weighted by Crippen LogP contribution is 2.38. The Hall–Kier alpha value is -1.58. The van der Waals surface area contributed by atoms with Crippen molar-refractivity contribution in [3.63, 3.8) is 0 Å². The molecule has 0 radical (unpaired) electrons. The summed E-state index contributed by atoms with van der Waals surface area (Å²) in [5.74, 6) is 1.41. The molecule has 0 spiro atoms. The predicted molar refractivity (Wildman–Crippen MR) is 71.1 cm³/mol. The van der Waals surface area contributed by atoms with Gasteiger partial charge in [0.1, 0.15) is 5.82 Å². The molecule has 98 valence electrons. The molecule has 0 bridgehead atoms. The largest absolute Gasteiger partial charge is 0.478 e. The lowest BCUT2D eigenvalue weighted by atomic mass is 10.2. The molecular formula is C14H20N2O2. The molecule has 1 aromatic heterocycles.